The second-order valence-electron chi connectivity index (χ2n) is 3.54. The Kier molecular flexibility index (Phi) is 3.82. The van der Waals surface area contributed by atoms with E-state index in [4.69, 9.17) is 9.63 Å². The Morgan fingerprint density at radius 2 is 2.06 bits per heavy atom. The Balaban J connectivity index is 1.91. The lowest BCUT2D eigenvalue weighted by Gasteiger charge is -2.01. The summed E-state index contributed by atoms with van der Waals surface area (Å²) < 4.78 is 4.74. The highest BCUT2D eigenvalue weighted by atomic mass is 32.2. The second-order valence-corrected chi connectivity index (χ2v) is 4.58. The fourth-order valence-corrected chi connectivity index (χ4v) is 2.15. The molecule has 0 bridgehead atoms. The molecule has 0 amide bonds. The van der Waals surface area contributed by atoms with Crippen molar-refractivity contribution in [2.75, 3.05) is 0 Å². The van der Waals surface area contributed by atoms with Crippen LogP contribution in [-0.4, -0.2) is 16.2 Å². The number of hydrogen-bond donors (Lipinski definition) is 1. The van der Waals surface area contributed by atoms with Gasteiger partial charge in [0.1, 0.15) is 6.26 Å². The summed E-state index contributed by atoms with van der Waals surface area (Å²) in [5, 5.41) is 12.3. The molecule has 4 nitrogen and oxygen atoms in total. The van der Waals surface area contributed by atoms with Gasteiger partial charge in [-0.05, 0) is 17.7 Å². The van der Waals surface area contributed by atoms with E-state index in [1.165, 1.54) is 0 Å². The molecule has 5 heteroatoms. The van der Waals surface area contributed by atoms with E-state index in [2.05, 4.69) is 5.16 Å². The van der Waals surface area contributed by atoms with Gasteiger partial charge in [-0.15, -0.1) is 11.8 Å². The Labute approximate surface area is 103 Å². The van der Waals surface area contributed by atoms with E-state index in [1.54, 1.807) is 24.2 Å². The van der Waals surface area contributed by atoms with E-state index in [0.717, 1.165) is 21.8 Å². The molecule has 0 saturated carbocycles. The molecule has 0 spiro atoms. The standard InChI is InChI=1S/C12H11NO3S/c14-12(15)5-9-1-3-11(4-2-9)17-8-10-6-13-16-7-10/h1-4,6-7H,5,8H2,(H,14,15). The van der Waals surface area contributed by atoms with Crippen molar-refractivity contribution in [3.8, 4) is 0 Å². The molecular formula is C12H11NO3S. The SMILES string of the molecule is O=C(O)Cc1ccc(SCc2cnoc2)cc1. The van der Waals surface area contributed by atoms with Gasteiger partial charge in [-0.1, -0.05) is 17.3 Å². The molecule has 1 N–H and O–H groups in total. The number of aromatic nitrogens is 1. The first-order valence-electron chi connectivity index (χ1n) is 5.06. The van der Waals surface area contributed by atoms with Crippen LogP contribution in [0.4, 0.5) is 0 Å². The second kappa shape index (κ2) is 5.54. The molecule has 0 aliphatic heterocycles. The molecule has 0 fully saturated rings. The zero-order valence-corrected chi connectivity index (χ0v) is 9.81. The lowest BCUT2D eigenvalue weighted by Crippen LogP contribution is -1.99. The lowest BCUT2D eigenvalue weighted by atomic mass is 10.2. The van der Waals surface area contributed by atoms with Crippen molar-refractivity contribution in [1.29, 1.82) is 0 Å². The molecule has 0 atom stereocenters. The van der Waals surface area contributed by atoms with Gasteiger partial charge in [-0.2, -0.15) is 0 Å². The van der Waals surface area contributed by atoms with Crippen molar-refractivity contribution in [2.24, 2.45) is 0 Å². The topological polar surface area (TPSA) is 63.3 Å². The van der Waals surface area contributed by atoms with Crippen LogP contribution in [0.1, 0.15) is 11.1 Å². The van der Waals surface area contributed by atoms with Crippen LogP contribution in [0.25, 0.3) is 0 Å². The summed E-state index contributed by atoms with van der Waals surface area (Å²) in [5.41, 5.74) is 1.84. The number of carboxylic acids is 1. The van der Waals surface area contributed by atoms with E-state index in [1.807, 2.05) is 24.3 Å². The van der Waals surface area contributed by atoms with Gasteiger partial charge < -0.3 is 9.63 Å². The molecule has 0 aliphatic rings. The summed E-state index contributed by atoms with van der Waals surface area (Å²) in [7, 11) is 0. The predicted molar refractivity (Wildman–Crippen MR) is 63.8 cm³/mol. The summed E-state index contributed by atoms with van der Waals surface area (Å²) in [4.78, 5) is 11.6. The van der Waals surface area contributed by atoms with Crippen molar-refractivity contribution < 1.29 is 14.4 Å². The quantitative estimate of drug-likeness (QED) is 0.825. The third-order valence-electron chi connectivity index (χ3n) is 2.17. The summed E-state index contributed by atoms with van der Waals surface area (Å²) in [6.45, 7) is 0. The van der Waals surface area contributed by atoms with Crippen LogP contribution >= 0.6 is 11.8 Å². The van der Waals surface area contributed by atoms with Crippen molar-refractivity contribution in [3.63, 3.8) is 0 Å². The van der Waals surface area contributed by atoms with Crippen LogP contribution in [0.15, 0.2) is 46.1 Å². The summed E-state index contributed by atoms with van der Waals surface area (Å²) >= 11 is 1.66. The average molecular weight is 249 g/mol. The maximum atomic E-state index is 10.5. The smallest absolute Gasteiger partial charge is 0.307 e. The Hall–Kier alpha value is -1.75. The highest BCUT2D eigenvalue weighted by Crippen LogP contribution is 2.22. The van der Waals surface area contributed by atoms with Crippen LogP contribution in [0.3, 0.4) is 0 Å². The van der Waals surface area contributed by atoms with E-state index in [9.17, 15) is 4.79 Å². The maximum Gasteiger partial charge on any atom is 0.307 e. The van der Waals surface area contributed by atoms with E-state index in [0.29, 0.717) is 0 Å². The minimum Gasteiger partial charge on any atom is -0.481 e. The van der Waals surface area contributed by atoms with Gasteiger partial charge >= 0.3 is 5.97 Å². The van der Waals surface area contributed by atoms with E-state index >= 15 is 0 Å². The van der Waals surface area contributed by atoms with E-state index < -0.39 is 5.97 Å². The minimum atomic E-state index is -0.810. The highest BCUT2D eigenvalue weighted by Gasteiger charge is 2.01. The van der Waals surface area contributed by atoms with Crippen molar-refractivity contribution in [3.05, 3.63) is 47.9 Å². The summed E-state index contributed by atoms with van der Waals surface area (Å²) in [6.07, 6.45) is 3.37. The summed E-state index contributed by atoms with van der Waals surface area (Å²) in [5.74, 6) is -0.0169. The first-order valence-corrected chi connectivity index (χ1v) is 6.04. The molecule has 1 aromatic carbocycles. The van der Waals surface area contributed by atoms with Crippen LogP contribution < -0.4 is 0 Å². The lowest BCUT2D eigenvalue weighted by molar-refractivity contribution is -0.136. The Morgan fingerprint density at radius 1 is 1.29 bits per heavy atom. The molecule has 1 heterocycles. The number of hydrogen-bond acceptors (Lipinski definition) is 4. The molecule has 0 aliphatic carbocycles. The predicted octanol–water partition coefficient (Wildman–Crippen LogP) is 2.59. The molecule has 88 valence electrons. The van der Waals surface area contributed by atoms with Crippen LogP contribution in [0.2, 0.25) is 0 Å². The van der Waals surface area contributed by atoms with Gasteiger partial charge in [0, 0.05) is 16.2 Å². The summed E-state index contributed by atoms with van der Waals surface area (Å²) in [6, 6.07) is 7.53. The molecule has 0 saturated heterocycles. The van der Waals surface area contributed by atoms with Crippen molar-refractivity contribution in [1.82, 2.24) is 5.16 Å². The molecule has 0 radical (unpaired) electrons. The van der Waals surface area contributed by atoms with Crippen LogP contribution in [0.5, 0.6) is 0 Å². The number of rotatable bonds is 5. The van der Waals surface area contributed by atoms with Crippen LogP contribution in [0, 0.1) is 0 Å². The van der Waals surface area contributed by atoms with Gasteiger partial charge in [0.15, 0.2) is 0 Å². The fraction of sp³-hybridized carbons (Fsp3) is 0.167. The van der Waals surface area contributed by atoms with Crippen LogP contribution in [-0.2, 0) is 17.0 Å². The number of carboxylic acid groups (broad SMARTS) is 1. The van der Waals surface area contributed by atoms with Crippen molar-refractivity contribution in [2.45, 2.75) is 17.1 Å². The number of benzene rings is 1. The van der Waals surface area contributed by atoms with Gasteiger partial charge in [-0.3, -0.25) is 4.79 Å². The molecule has 0 unspecified atom stereocenters. The number of thioether (sulfide) groups is 1. The van der Waals surface area contributed by atoms with Gasteiger partial charge in [0.05, 0.1) is 12.6 Å². The third kappa shape index (κ3) is 3.64. The van der Waals surface area contributed by atoms with Gasteiger partial charge in [0.25, 0.3) is 0 Å². The highest BCUT2D eigenvalue weighted by molar-refractivity contribution is 7.98. The Morgan fingerprint density at radius 3 is 2.65 bits per heavy atom. The monoisotopic (exact) mass is 249 g/mol. The Bertz CT molecular complexity index is 479. The molecule has 1 aromatic heterocycles. The zero-order valence-electron chi connectivity index (χ0n) is 9.00. The molecule has 2 rings (SSSR count). The number of carbonyl (C=O) groups is 1. The van der Waals surface area contributed by atoms with Gasteiger partial charge in [0.2, 0.25) is 0 Å². The molecular weight excluding hydrogens is 238 g/mol. The average Bonchev–Trinajstić information content (AvgIpc) is 2.80. The van der Waals surface area contributed by atoms with Gasteiger partial charge in [-0.25, -0.2) is 0 Å². The first kappa shape index (κ1) is 11.7. The van der Waals surface area contributed by atoms with E-state index in [-0.39, 0.29) is 6.42 Å². The largest absolute Gasteiger partial charge is 0.481 e. The van der Waals surface area contributed by atoms with Crippen molar-refractivity contribution >= 4 is 17.7 Å². The molecule has 2 aromatic rings. The maximum absolute atomic E-state index is 10.5. The normalized spacial score (nSPS) is 10.4. The number of nitrogens with zero attached hydrogens (tertiary/aromatic N) is 1. The third-order valence-corrected chi connectivity index (χ3v) is 3.25. The molecule has 17 heavy (non-hydrogen) atoms. The number of aliphatic carboxylic acids is 1. The fourth-order valence-electron chi connectivity index (χ4n) is 1.34. The minimum absolute atomic E-state index is 0.0661. The first-order chi connectivity index (χ1) is 8.24. The zero-order chi connectivity index (χ0) is 12.1.